The number of aromatic nitrogens is 3. The van der Waals surface area contributed by atoms with E-state index in [-0.39, 0.29) is 0 Å². The summed E-state index contributed by atoms with van der Waals surface area (Å²) in [6, 6.07) is 71.0. The number of nitrogens with zero attached hydrogens (tertiary/aromatic N) is 3. The zero-order valence-electron chi connectivity index (χ0n) is 30.8. The highest BCUT2D eigenvalue weighted by Gasteiger charge is 2.41. The molecule has 268 valence electrons. The minimum atomic E-state index is -3.12. The average molecular weight is 748 g/mol. The normalized spacial score (nSPS) is 14.5. The summed E-state index contributed by atoms with van der Waals surface area (Å²) >= 11 is 0. The molecule has 11 rings (SSSR count). The fourth-order valence-corrected chi connectivity index (χ4v) is 11.6. The maximum atomic E-state index is 15.5. The number of rotatable bonds is 6. The van der Waals surface area contributed by atoms with Gasteiger partial charge in [-0.25, -0.2) is 9.97 Å². The third-order valence-electron chi connectivity index (χ3n) is 11.3. The molecule has 8 aromatic carbocycles. The van der Waals surface area contributed by atoms with Crippen LogP contribution in [-0.4, -0.2) is 14.5 Å². The summed E-state index contributed by atoms with van der Waals surface area (Å²) < 4.78 is 17.8. The Kier molecular flexibility index (Phi) is 7.73. The SMILES string of the molecule is O=P1(c2ccccc2)c2ccccc2-c2c1ccc1c3ccccc3n(-c3ccc(-c4cc(-c5ccc(-c6ccccc6)cc5)nc(-c5ccccc5)n4)cc3)c21. The predicted molar refractivity (Wildman–Crippen MR) is 237 cm³/mol. The van der Waals surface area contributed by atoms with Gasteiger partial charge in [0, 0.05) is 54.6 Å². The van der Waals surface area contributed by atoms with E-state index in [0.717, 1.165) is 88.2 Å². The molecule has 0 saturated carbocycles. The topological polar surface area (TPSA) is 47.8 Å². The molecule has 10 aromatic rings. The molecule has 0 spiro atoms. The Bertz CT molecular complexity index is 3180. The summed E-state index contributed by atoms with van der Waals surface area (Å²) in [4.78, 5) is 10.2. The molecule has 2 aromatic heterocycles. The second-order valence-corrected chi connectivity index (χ2v) is 17.2. The quantitative estimate of drug-likeness (QED) is 0.159. The first-order chi connectivity index (χ1) is 28.1. The highest BCUT2D eigenvalue weighted by molar-refractivity contribution is 7.86. The van der Waals surface area contributed by atoms with E-state index in [0.29, 0.717) is 5.82 Å². The Labute approximate surface area is 330 Å². The van der Waals surface area contributed by atoms with Crippen molar-refractivity contribution < 1.29 is 4.57 Å². The summed E-state index contributed by atoms with van der Waals surface area (Å²) in [6.45, 7) is 0. The van der Waals surface area contributed by atoms with Crippen molar-refractivity contribution in [3.05, 3.63) is 206 Å². The van der Waals surface area contributed by atoms with Gasteiger partial charge < -0.3 is 9.13 Å². The van der Waals surface area contributed by atoms with Crippen LogP contribution in [0, 0.1) is 0 Å². The summed E-state index contributed by atoms with van der Waals surface area (Å²) in [5.41, 5.74) is 12.3. The van der Waals surface area contributed by atoms with E-state index in [2.05, 4.69) is 144 Å². The average Bonchev–Trinajstić information content (AvgIpc) is 3.77. The zero-order valence-corrected chi connectivity index (χ0v) is 31.7. The molecule has 0 fully saturated rings. The zero-order chi connectivity index (χ0) is 37.9. The van der Waals surface area contributed by atoms with Crippen molar-refractivity contribution in [2.45, 2.75) is 0 Å². The van der Waals surface area contributed by atoms with Crippen LogP contribution in [0.1, 0.15) is 0 Å². The van der Waals surface area contributed by atoms with Crippen LogP contribution in [0.15, 0.2) is 206 Å². The van der Waals surface area contributed by atoms with Gasteiger partial charge in [0.05, 0.1) is 22.4 Å². The van der Waals surface area contributed by atoms with Crippen LogP contribution >= 0.6 is 7.14 Å². The first kappa shape index (κ1) is 33.2. The van der Waals surface area contributed by atoms with Gasteiger partial charge in [-0.15, -0.1) is 0 Å². The smallest absolute Gasteiger partial charge is 0.172 e. The lowest BCUT2D eigenvalue weighted by Crippen LogP contribution is -2.20. The fourth-order valence-electron chi connectivity index (χ4n) is 8.55. The number of para-hydroxylation sites is 1. The maximum absolute atomic E-state index is 15.5. The van der Waals surface area contributed by atoms with E-state index in [1.54, 1.807) is 0 Å². The van der Waals surface area contributed by atoms with Gasteiger partial charge >= 0.3 is 0 Å². The Balaban J connectivity index is 1.07. The molecule has 0 amide bonds. The van der Waals surface area contributed by atoms with E-state index in [9.17, 15) is 0 Å². The Morgan fingerprint density at radius 1 is 0.421 bits per heavy atom. The molecule has 5 heteroatoms. The number of hydrogen-bond donors (Lipinski definition) is 0. The fraction of sp³-hybridized carbons (Fsp3) is 0. The second kappa shape index (κ2) is 13.3. The third-order valence-corrected chi connectivity index (χ3v) is 14.4. The highest BCUT2D eigenvalue weighted by Crippen LogP contribution is 2.54. The maximum Gasteiger partial charge on any atom is 0.172 e. The molecule has 0 radical (unpaired) electrons. The molecule has 1 atom stereocenters. The molecule has 0 aliphatic carbocycles. The van der Waals surface area contributed by atoms with E-state index in [4.69, 9.17) is 9.97 Å². The van der Waals surface area contributed by atoms with Crippen molar-refractivity contribution in [1.29, 1.82) is 0 Å². The molecular weight excluding hydrogens is 714 g/mol. The molecule has 1 unspecified atom stereocenters. The van der Waals surface area contributed by atoms with Gasteiger partial charge in [0.2, 0.25) is 0 Å². The second-order valence-electron chi connectivity index (χ2n) is 14.5. The first-order valence-electron chi connectivity index (χ1n) is 19.2. The minimum Gasteiger partial charge on any atom is -0.309 e. The van der Waals surface area contributed by atoms with Crippen LogP contribution in [0.4, 0.5) is 0 Å². The lowest BCUT2D eigenvalue weighted by atomic mass is 10.0. The third kappa shape index (κ3) is 5.33. The minimum absolute atomic E-state index is 0.679. The van der Waals surface area contributed by atoms with Gasteiger partial charge in [-0.2, -0.15) is 0 Å². The van der Waals surface area contributed by atoms with Gasteiger partial charge in [-0.05, 0) is 47.0 Å². The van der Waals surface area contributed by atoms with E-state index < -0.39 is 7.14 Å². The number of fused-ring (bicyclic) bond motifs is 7. The van der Waals surface area contributed by atoms with Crippen molar-refractivity contribution in [1.82, 2.24) is 14.5 Å². The van der Waals surface area contributed by atoms with Gasteiger partial charge in [-0.1, -0.05) is 176 Å². The number of hydrogen-bond acceptors (Lipinski definition) is 3. The van der Waals surface area contributed by atoms with E-state index in [1.165, 1.54) is 5.56 Å². The summed E-state index contributed by atoms with van der Waals surface area (Å²) in [5.74, 6) is 0.679. The van der Waals surface area contributed by atoms with Crippen LogP contribution in [0.5, 0.6) is 0 Å². The lowest BCUT2D eigenvalue weighted by molar-refractivity contribution is 0.593. The monoisotopic (exact) mass is 747 g/mol. The lowest BCUT2D eigenvalue weighted by Gasteiger charge is -2.16. The summed E-state index contributed by atoms with van der Waals surface area (Å²) in [7, 11) is -3.12. The van der Waals surface area contributed by atoms with Crippen LogP contribution in [0.3, 0.4) is 0 Å². The standard InChI is InChI=1S/C52H34N3OP/c56-57(41-18-8-3-9-19-41)48-23-13-11-21-44(48)50-49(57)33-32-43-42-20-10-12-22-47(42)55(51(43)50)40-30-28-38(29-31-40)46-34-45(53-52(54-46)39-16-6-2-7-17-39)37-26-24-36(25-27-37)35-14-4-1-5-15-35/h1-34H. The van der Waals surface area contributed by atoms with Gasteiger partial charge in [0.25, 0.3) is 0 Å². The molecule has 1 aliphatic heterocycles. The predicted octanol–water partition coefficient (Wildman–Crippen LogP) is 11.9. The Morgan fingerprint density at radius 3 is 1.67 bits per heavy atom. The van der Waals surface area contributed by atoms with Crippen molar-refractivity contribution in [3.63, 3.8) is 0 Å². The molecule has 3 heterocycles. The van der Waals surface area contributed by atoms with Crippen molar-refractivity contribution in [2.24, 2.45) is 0 Å². The largest absolute Gasteiger partial charge is 0.309 e. The highest BCUT2D eigenvalue weighted by atomic mass is 31.2. The Hall–Kier alpha value is -7.13. The van der Waals surface area contributed by atoms with E-state index in [1.807, 2.05) is 66.7 Å². The molecule has 57 heavy (non-hydrogen) atoms. The molecule has 4 nitrogen and oxygen atoms in total. The van der Waals surface area contributed by atoms with Crippen molar-refractivity contribution in [3.8, 4) is 61.8 Å². The molecule has 0 saturated heterocycles. The van der Waals surface area contributed by atoms with E-state index >= 15 is 4.57 Å². The van der Waals surface area contributed by atoms with Gasteiger partial charge in [0.1, 0.15) is 0 Å². The molecule has 0 bridgehead atoms. The van der Waals surface area contributed by atoms with Crippen LogP contribution < -0.4 is 15.9 Å². The first-order valence-corrected chi connectivity index (χ1v) is 20.9. The summed E-state index contributed by atoms with van der Waals surface area (Å²) in [6.07, 6.45) is 0. The molecular formula is C52H34N3OP. The number of benzene rings is 8. The Morgan fingerprint density at radius 2 is 0.965 bits per heavy atom. The van der Waals surface area contributed by atoms with Crippen LogP contribution in [0.2, 0.25) is 0 Å². The van der Waals surface area contributed by atoms with Crippen LogP contribution in [0.25, 0.3) is 83.6 Å². The van der Waals surface area contributed by atoms with Crippen molar-refractivity contribution >= 4 is 44.9 Å². The molecule has 1 aliphatic rings. The summed E-state index contributed by atoms with van der Waals surface area (Å²) in [5, 5.41) is 4.94. The van der Waals surface area contributed by atoms with Crippen molar-refractivity contribution in [2.75, 3.05) is 0 Å². The van der Waals surface area contributed by atoms with Crippen LogP contribution in [-0.2, 0) is 4.57 Å². The van der Waals surface area contributed by atoms with Gasteiger partial charge in [0.15, 0.2) is 13.0 Å². The molecule has 0 N–H and O–H groups in total. The van der Waals surface area contributed by atoms with Gasteiger partial charge in [-0.3, -0.25) is 0 Å².